The molecule has 3 aromatic carbocycles. The van der Waals surface area contributed by atoms with Crippen LogP contribution in [-0.4, -0.2) is 25.5 Å². The Kier molecular flexibility index (Phi) is 6.47. The molecule has 6 heteroatoms. The fourth-order valence-corrected chi connectivity index (χ4v) is 2.77. The van der Waals surface area contributed by atoms with Crippen LogP contribution in [0, 0.1) is 0 Å². The molecule has 2 amide bonds. The minimum Gasteiger partial charge on any atom is -0.497 e. The van der Waals surface area contributed by atoms with Gasteiger partial charge in [-0.2, -0.15) is 0 Å². The number of hydrogen-bond acceptors (Lipinski definition) is 4. The zero-order valence-electron chi connectivity index (χ0n) is 16.3. The highest BCUT2D eigenvalue weighted by Crippen LogP contribution is 2.32. The summed E-state index contributed by atoms with van der Waals surface area (Å²) in [5.74, 6) is 1.25. The summed E-state index contributed by atoms with van der Waals surface area (Å²) in [5, 5.41) is 2.79. The fourth-order valence-electron chi connectivity index (χ4n) is 2.77. The summed E-state index contributed by atoms with van der Waals surface area (Å²) in [7, 11) is 1.58. The lowest BCUT2D eigenvalue weighted by Gasteiger charge is -2.23. The third kappa shape index (κ3) is 5.35. The van der Waals surface area contributed by atoms with Gasteiger partial charge in [0, 0.05) is 12.6 Å². The summed E-state index contributed by atoms with van der Waals surface area (Å²) in [6, 6.07) is 23.4. The van der Waals surface area contributed by atoms with Gasteiger partial charge in [-0.05, 0) is 48.5 Å². The minimum atomic E-state index is -0.320. The lowest BCUT2D eigenvalue weighted by molar-refractivity contribution is -0.120. The van der Waals surface area contributed by atoms with Crippen LogP contribution in [0.4, 0.5) is 11.4 Å². The average Bonchev–Trinajstić information content (AvgIpc) is 2.74. The Bertz CT molecular complexity index is 972. The standard InChI is InChI=1S/C23H22N2O4/c1-17(26)25(16-23(27)24-18-12-14-19(28-2)15-13-18)21-10-6-7-11-22(21)29-20-8-4-3-5-9-20/h3-15H,16H2,1-2H3,(H,24,27). The van der Waals surface area contributed by atoms with E-state index in [0.717, 1.165) is 0 Å². The van der Waals surface area contributed by atoms with E-state index < -0.39 is 0 Å². The molecule has 0 aromatic heterocycles. The Balaban J connectivity index is 1.77. The third-order valence-corrected chi connectivity index (χ3v) is 4.18. The van der Waals surface area contributed by atoms with Crippen molar-refractivity contribution in [2.24, 2.45) is 0 Å². The summed E-state index contributed by atoms with van der Waals surface area (Å²) < 4.78 is 11.0. The minimum absolute atomic E-state index is 0.142. The molecule has 3 aromatic rings. The number of rotatable bonds is 7. The second-order valence-corrected chi connectivity index (χ2v) is 6.26. The molecule has 0 fully saturated rings. The van der Waals surface area contributed by atoms with E-state index >= 15 is 0 Å². The van der Waals surface area contributed by atoms with E-state index in [1.807, 2.05) is 36.4 Å². The van der Waals surface area contributed by atoms with Gasteiger partial charge in [-0.15, -0.1) is 0 Å². The molecule has 148 valence electrons. The van der Waals surface area contributed by atoms with Crippen molar-refractivity contribution >= 4 is 23.2 Å². The van der Waals surface area contributed by atoms with E-state index in [2.05, 4.69) is 5.32 Å². The van der Waals surface area contributed by atoms with Crippen LogP contribution in [0.5, 0.6) is 17.2 Å². The van der Waals surface area contributed by atoms with Crippen molar-refractivity contribution in [3.8, 4) is 17.2 Å². The number of carbonyl (C=O) groups is 2. The van der Waals surface area contributed by atoms with Gasteiger partial charge >= 0.3 is 0 Å². The van der Waals surface area contributed by atoms with Gasteiger partial charge in [0.25, 0.3) is 0 Å². The number of nitrogens with one attached hydrogen (secondary N) is 1. The molecular weight excluding hydrogens is 368 g/mol. The molecule has 0 aliphatic rings. The molecule has 0 atom stereocenters. The first-order chi connectivity index (χ1) is 14.1. The summed E-state index contributed by atoms with van der Waals surface area (Å²) in [4.78, 5) is 26.2. The Labute approximate surface area is 169 Å². The Hall–Kier alpha value is -3.80. The van der Waals surface area contributed by atoms with Crippen molar-refractivity contribution in [2.45, 2.75) is 6.92 Å². The highest BCUT2D eigenvalue weighted by atomic mass is 16.5. The molecule has 0 saturated carbocycles. The number of ether oxygens (including phenoxy) is 2. The quantitative estimate of drug-likeness (QED) is 0.646. The number of para-hydroxylation sites is 3. The van der Waals surface area contributed by atoms with E-state index in [1.165, 1.54) is 11.8 Å². The highest BCUT2D eigenvalue weighted by Gasteiger charge is 2.20. The molecule has 1 N–H and O–H groups in total. The lowest BCUT2D eigenvalue weighted by Crippen LogP contribution is -2.36. The van der Waals surface area contributed by atoms with Gasteiger partial charge < -0.3 is 14.8 Å². The first-order valence-electron chi connectivity index (χ1n) is 9.11. The first-order valence-corrected chi connectivity index (χ1v) is 9.11. The molecular formula is C23H22N2O4. The van der Waals surface area contributed by atoms with Crippen LogP contribution in [0.2, 0.25) is 0 Å². The molecule has 0 aliphatic carbocycles. The molecule has 0 unspecified atom stereocenters. The predicted octanol–water partition coefficient (Wildman–Crippen LogP) is 4.48. The van der Waals surface area contributed by atoms with Crippen LogP contribution in [0.1, 0.15) is 6.92 Å². The summed E-state index contributed by atoms with van der Waals surface area (Å²) in [6.45, 7) is 1.27. The van der Waals surface area contributed by atoms with Crippen LogP contribution < -0.4 is 19.7 Å². The van der Waals surface area contributed by atoms with Crippen molar-refractivity contribution in [1.82, 2.24) is 0 Å². The number of nitrogens with zero attached hydrogens (tertiary/aromatic N) is 1. The van der Waals surface area contributed by atoms with Gasteiger partial charge in [-0.1, -0.05) is 30.3 Å². The number of anilines is 2. The van der Waals surface area contributed by atoms with Gasteiger partial charge in [-0.3, -0.25) is 14.5 Å². The van der Waals surface area contributed by atoms with E-state index in [1.54, 1.807) is 49.6 Å². The normalized spacial score (nSPS) is 10.1. The molecule has 29 heavy (non-hydrogen) atoms. The third-order valence-electron chi connectivity index (χ3n) is 4.18. The molecule has 0 aliphatic heterocycles. The Morgan fingerprint density at radius 2 is 1.52 bits per heavy atom. The summed E-state index contributed by atoms with van der Waals surface area (Å²) >= 11 is 0. The number of benzene rings is 3. The van der Waals surface area contributed by atoms with E-state index in [9.17, 15) is 9.59 Å². The zero-order valence-corrected chi connectivity index (χ0v) is 16.3. The van der Waals surface area contributed by atoms with Crippen LogP contribution >= 0.6 is 0 Å². The Morgan fingerprint density at radius 3 is 2.17 bits per heavy atom. The maximum absolute atomic E-state index is 12.5. The first kappa shape index (κ1) is 19.9. The average molecular weight is 390 g/mol. The molecule has 0 radical (unpaired) electrons. The predicted molar refractivity (Wildman–Crippen MR) is 113 cm³/mol. The number of amides is 2. The largest absolute Gasteiger partial charge is 0.497 e. The van der Waals surface area contributed by atoms with Gasteiger partial charge in [0.1, 0.15) is 18.0 Å². The number of carbonyl (C=O) groups excluding carboxylic acids is 2. The second kappa shape index (κ2) is 9.41. The van der Waals surface area contributed by atoms with Crippen molar-refractivity contribution < 1.29 is 19.1 Å². The second-order valence-electron chi connectivity index (χ2n) is 6.26. The molecule has 0 spiro atoms. The zero-order chi connectivity index (χ0) is 20.6. The Morgan fingerprint density at radius 1 is 0.862 bits per heavy atom. The lowest BCUT2D eigenvalue weighted by atomic mass is 10.2. The highest BCUT2D eigenvalue weighted by molar-refractivity contribution is 6.02. The SMILES string of the molecule is COc1ccc(NC(=O)CN(C(C)=O)c2ccccc2Oc2ccccc2)cc1. The van der Waals surface area contributed by atoms with E-state index in [4.69, 9.17) is 9.47 Å². The molecule has 6 nitrogen and oxygen atoms in total. The van der Waals surface area contributed by atoms with Gasteiger partial charge in [0.15, 0.2) is 5.75 Å². The molecule has 0 bridgehead atoms. The number of hydrogen-bond donors (Lipinski definition) is 1. The van der Waals surface area contributed by atoms with Crippen molar-refractivity contribution in [1.29, 1.82) is 0 Å². The topological polar surface area (TPSA) is 67.9 Å². The van der Waals surface area contributed by atoms with Crippen molar-refractivity contribution in [2.75, 3.05) is 23.9 Å². The van der Waals surface area contributed by atoms with Crippen LogP contribution in [0.3, 0.4) is 0 Å². The van der Waals surface area contributed by atoms with Crippen molar-refractivity contribution in [3.05, 3.63) is 78.9 Å². The molecule has 3 rings (SSSR count). The maximum Gasteiger partial charge on any atom is 0.244 e. The van der Waals surface area contributed by atoms with E-state index in [0.29, 0.717) is 28.6 Å². The molecule has 0 saturated heterocycles. The van der Waals surface area contributed by atoms with Gasteiger partial charge in [0.05, 0.1) is 12.8 Å². The molecule has 0 heterocycles. The van der Waals surface area contributed by atoms with E-state index in [-0.39, 0.29) is 18.4 Å². The smallest absolute Gasteiger partial charge is 0.244 e. The van der Waals surface area contributed by atoms with Gasteiger partial charge in [0.2, 0.25) is 11.8 Å². The van der Waals surface area contributed by atoms with Crippen LogP contribution in [0.15, 0.2) is 78.9 Å². The van der Waals surface area contributed by atoms with Crippen LogP contribution in [-0.2, 0) is 9.59 Å². The number of methoxy groups -OCH3 is 1. The van der Waals surface area contributed by atoms with Crippen LogP contribution in [0.25, 0.3) is 0 Å². The van der Waals surface area contributed by atoms with Crippen molar-refractivity contribution in [3.63, 3.8) is 0 Å². The summed E-state index contributed by atoms with van der Waals surface area (Å²) in [5.41, 5.74) is 1.14. The maximum atomic E-state index is 12.5. The van der Waals surface area contributed by atoms with Gasteiger partial charge in [-0.25, -0.2) is 0 Å². The summed E-state index contributed by atoms with van der Waals surface area (Å²) in [6.07, 6.45) is 0. The monoisotopic (exact) mass is 390 g/mol. The fraction of sp³-hybridized carbons (Fsp3) is 0.130.